The number of carbonyl (C=O) groups is 1. The number of benzene rings is 1. The molecule has 1 aliphatic rings. The fraction of sp³-hybridized carbons (Fsp3) is 0.467. The molecule has 1 fully saturated rings. The minimum absolute atomic E-state index is 0.0115. The van der Waals surface area contributed by atoms with Gasteiger partial charge in [-0.05, 0) is 41.0 Å². The smallest absolute Gasteiger partial charge is 0.230 e. The molecule has 1 saturated carbocycles. The topological polar surface area (TPSA) is 72.7 Å². The number of halogens is 1. The van der Waals surface area contributed by atoms with Crippen LogP contribution in [0, 0.1) is 0 Å². The van der Waals surface area contributed by atoms with E-state index in [9.17, 15) is 4.79 Å². The molecule has 1 aliphatic carbocycles. The van der Waals surface area contributed by atoms with Crippen LogP contribution in [0.4, 0.5) is 0 Å². The molecule has 1 heterocycles. The molecule has 0 unspecified atom stereocenters. The summed E-state index contributed by atoms with van der Waals surface area (Å²) >= 11 is 9.03. The van der Waals surface area contributed by atoms with Crippen LogP contribution in [0.3, 0.4) is 0 Å². The molecule has 0 aliphatic heterocycles. The second kappa shape index (κ2) is 8.73. The first-order chi connectivity index (χ1) is 11.7. The number of tetrazole rings is 1. The number of carbonyl (C=O) groups excluding carboxylic acids is 1. The van der Waals surface area contributed by atoms with E-state index in [1.165, 1.54) is 17.3 Å². The lowest BCUT2D eigenvalue weighted by Gasteiger charge is -2.05. The molecule has 1 N–H and O–H groups in total. The van der Waals surface area contributed by atoms with Gasteiger partial charge in [-0.3, -0.25) is 4.79 Å². The van der Waals surface area contributed by atoms with Gasteiger partial charge in [0.15, 0.2) is 0 Å². The van der Waals surface area contributed by atoms with E-state index in [1.54, 1.807) is 11.8 Å². The van der Waals surface area contributed by atoms with Gasteiger partial charge in [0.05, 0.1) is 11.8 Å². The highest BCUT2D eigenvalue weighted by Gasteiger charge is 2.28. The summed E-state index contributed by atoms with van der Waals surface area (Å²) in [5.74, 6) is 2.14. The quantitative estimate of drug-likeness (QED) is 0.530. The molecule has 0 saturated heterocycles. The maximum Gasteiger partial charge on any atom is 0.230 e. The van der Waals surface area contributed by atoms with Crippen molar-refractivity contribution < 1.29 is 4.79 Å². The Morgan fingerprint density at radius 1 is 1.33 bits per heavy atom. The van der Waals surface area contributed by atoms with E-state index in [0.29, 0.717) is 18.3 Å². The molecule has 0 spiro atoms. The molecular formula is C15H18ClN5OS2. The van der Waals surface area contributed by atoms with Crippen LogP contribution in [-0.2, 0) is 10.5 Å². The van der Waals surface area contributed by atoms with E-state index >= 15 is 0 Å². The second-order valence-corrected chi connectivity index (χ2v) is 7.94. The first-order valence-corrected chi connectivity index (χ1v) is 10.2. The Labute approximate surface area is 154 Å². The summed E-state index contributed by atoms with van der Waals surface area (Å²) in [7, 11) is 0. The largest absolute Gasteiger partial charge is 0.355 e. The Bertz CT molecular complexity index is 675. The number of amides is 1. The zero-order chi connectivity index (χ0) is 16.8. The van der Waals surface area contributed by atoms with Gasteiger partial charge in [0, 0.05) is 23.1 Å². The normalized spacial score (nSPS) is 13.9. The number of aromatic nitrogens is 4. The molecule has 24 heavy (non-hydrogen) atoms. The van der Waals surface area contributed by atoms with Crippen molar-refractivity contribution in [2.45, 2.75) is 29.8 Å². The molecule has 0 atom stereocenters. The van der Waals surface area contributed by atoms with Crippen LogP contribution in [0.15, 0.2) is 29.4 Å². The average molecular weight is 384 g/mol. The minimum Gasteiger partial charge on any atom is -0.355 e. The maximum atomic E-state index is 11.9. The molecule has 6 nitrogen and oxygen atoms in total. The van der Waals surface area contributed by atoms with Crippen molar-refractivity contribution >= 4 is 41.0 Å². The molecule has 1 amide bonds. The van der Waals surface area contributed by atoms with Crippen LogP contribution >= 0.6 is 35.1 Å². The molecule has 0 radical (unpaired) electrons. The summed E-state index contributed by atoms with van der Waals surface area (Å²) in [6.45, 7) is 0.658. The fourth-order valence-electron chi connectivity index (χ4n) is 2.04. The van der Waals surface area contributed by atoms with E-state index in [2.05, 4.69) is 20.8 Å². The number of hydrogen-bond acceptors (Lipinski definition) is 6. The lowest BCUT2D eigenvalue weighted by Crippen LogP contribution is -2.27. The van der Waals surface area contributed by atoms with E-state index in [1.807, 2.05) is 28.9 Å². The summed E-state index contributed by atoms with van der Waals surface area (Å²) in [4.78, 5) is 11.9. The monoisotopic (exact) mass is 383 g/mol. The second-order valence-electron chi connectivity index (χ2n) is 5.45. The highest BCUT2D eigenvalue weighted by molar-refractivity contribution is 7.99. The molecule has 2 aromatic rings. The van der Waals surface area contributed by atoms with Crippen LogP contribution in [0.5, 0.6) is 0 Å². The SMILES string of the molecule is O=C(CSc1nnnn1C1CC1)NCCSCc1ccc(Cl)cc1. The summed E-state index contributed by atoms with van der Waals surface area (Å²) in [6.07, 6.45) is 2.24. The van der Waals surface area contributed by atoms with Gasteiger partial charge in [0.1, 0.15) is 0 Å². The lowest BCUT2D eigenvalue weighted by molar-refractivity contribution is -0.118. The van der Waals surface area contributed by atoms with Crippen LogP contribution in [-0.4, -0.2) is 44.2 Å². The highest BCUT2D eigenvalue weighted by Crippen LogP contribution is 2.36. The van der Waals surface area contributed by atoms with Crippen LogP contribution in [0.1, 0.15) is 24.4 Å². The molecule has 1 aromatic carbocycles. The molecule has 128 valence electrons. The molecule has 3 rings (SSSR count). The lowest BCUT2D eigenvalue weighted by atomic mass is 10.2. The summed E-state index contributed by atoms with van der Waals surface area (Å²) in [5.41, 5.74) is 1.23. The zero-order valence-corrected chi connectivity index (χ0v) is 15.4. The Kier molecular flexibility index (Phi) is 6.39. The van der Waals surface area contributed by atoms with Gasteiger partial charge in [-0.1, -0.05) is 35.5 Å². The van der Waals surface area contributed by atoms with Crippen LogP contribution in [0.2, 0.25) is 5.02 Å². The van der Waals surface area contributed by atoms with Gasteiger partial charge >= 0.3 is 0 Å². The van der Waals surface area contributed by atoms with Gasteiger partial charge in [0.2, 0.25) is 11.1 Å². The van der Waals surface area contributed by atoms with Crippen molar-refractivity contribution in [3.8, 4) is 0 Å². The Balaban J connectivity index is 1.28. The van der Waals surface area contributed by atoms with Gasteiger partial charge in [-0.25, -0.2) is 4.68 Å². The number of thioether (sulfide) groups is 2. The van der Waals surface area contributed by atoms with Crippen molar-refractivity contribution in [2.24, 2.45) is 0 Å². The van der Waals surface area contributed by atoms with Crippen molar-refractivity contribution in [1.29, 1.82) is 0 Å². The summed E-state index contributed by atoms with van der Waals surface area (Å²) in [6, 6.07) is 8.26. The number of nitrogens with zero attached hydrogens (tertiary/aromatic N) is 4. The minimum atomic E-state index is 0.0115. The molecule has 9 heteroatoms. The first-order valence-electron chi connectivity index (χ1n) is 7.72. The van der Waals surface area contributed by atoms with E-state index in [-0.39, 0.29) is 5.91 Å². The predicted octanol–water partition coefficient (Wildman–Crippen LogP) is 2.80. The third-order valence-corrected chi connectivity index (χ3v) is 5.65. The van der Waals surface area contributed by atoms with E-state index < -0.39 is 0 Å². The standard InChI is InChI=1S/C15H18ClN5OS2/c16-12-3-1-11(2-4-12)9-23-8-7-17-14(22)10-24-15-18-19-20-21(15)13-5-6-13/h1-4,13H,5-10H2,(H,17,22). The number of nitrogens with one attached hydrogen (secondary N) is 1. The molecule has 1 aromatic heterocycles. The number of rotatable bonds is 9. The Morgan fingerprint density at radius 2 is 2.12 bits per heavy atom. The van der Waals surface area contributed by atoms with E-state index in [4.69, 9.17) is 11.6 Å². The molecular weight excluding hydrogens is 366 g/mol. The van der Waals surface area contributed by atoms with Crippen molar-refractivity contribution in [2.75, 3.05) is 18.1 Å². The zero-order valence-electron chi connectivity index (χ0n) is 13.0. The van der Waals surface area contributed by atoms with Gasteiger partial charge in [-0.15, -0.1) is 5.10 Å². The average Bonchev–Trinajstić information content (AvgIpc) is 3.32. The van der Waals surface area contributed by atoms with Crippen molar-refractivity contribution in [1.82, 2.24) is 25.5 Å². The first kappa shape index (κ1) is 17.6. The van der Waals surface area contributed by atoms with Gasteiger partial charge in [0.25, 0.3) is 0 Å². The Morgan fingerprint density at radius 3 is 2.88 bits per heavy atom. The highest BCUT2D eigenvalue weighted by atomic mass is 35.5. The third kappa shape index (κ3) is 5.39. The number of hydrogen-bond donors (Lipinski definition) is 1. The Hall–Kier alpha value is -1.25. The van der Waals surface area contributed by atoms with Gasteiger partial charge in [-0.2, -0.15) is 11.8 Å². The van der Waals surface area contributed by atoms with E-state index in [0.717, 1.165) is 34.5 Å². The van der Waals surface area contributed by atoms with Crippen molar-refractivity contribution in [3.05, 3.63) is 34.9 Å². The van der Waals surface area contributed by atoms with Crippen LogP contribution < -0.4 is 5.32 Å². The molecule has 0 bridgehead atoms. The van der Waals surface area contributed by atoms with Crippen molar-refractivity contribution in [3.63, 3.8) is 0 Å². The summed E-state index contributed by atoms with van der Waals surface area (Å²) < 4.78 is 1.82. The predicted molar refractivity (Wildman–Crippen MR) is 97.4 cm³/mol. The maximum absolute atomic E-state index is 11.9. The fourth-order valence-corrected chi connectivity index (χ4v) is 3.76. The van der Waals surface area contributed by atoms with Gasteiger partial charge < -0.3 is 5.32 Å². The third-order valence-electron chi connectivity index (χ3n) is 3.44. The van der Waals surface area contributed by atoms with Crippen LogP contribution in [0.25, 0.3) is 0 Å². The summed E-state index contributed by atoms with van der Waals surface area (Å²) in [5, 5.41) is 16.0.